The molecule has 1 saturated heterocycles. The Kier molecular flexibility index (Phi) is 4.84. The first kappa shape index (κ1) is 16.2. The van der Waals surface area contributed by atoms with E-state index < -0.39 is 6.03 Å². The number of urea groups is 1. The molecular weight excluding hydrogens is 296 g/mol. The van der Waals surface area contributed by atoms with Crippen molar-refractivity contribution in [1.29, 1.82) is 0 Å². The van der Waals surface area contributed by atoms with Gasteiger partial charge >= 0.3 is 6.03 Å². The number of fused-ring (bicyclic) bond motifs is 2. The fourth-order valence-electron chi connectivity index (χ4n) is 4.45. The standard InChI is InChI=1S/C16H26N4O3/c1-10(13-7-11-2-3-12(13)6-11)18-16(23)19-15(22)9-20-5-4-17-14(21)8-20/h10-13H,2-9H2,1H3,(H,17,21)(H2,18,19,22,23). The molecule has 0 aromatic carbocycles. The highest BCUT2D eigenvalue weighted by Crippen LogP contribution is 2.49. The van der Waals surface area contributed by atoms with Gasteiger partial charge in [0.1, 0.15) is 0 Å². The van der Waals surface area contributed by atoms with Crippen LogP contribution < -0.4 is 16.0 Å². The Hall–Kier alpha value is -1.63. The van der Waals surface area contributed by atoms with Crippen molar-refractivity contribution < 1.29 is 14.4 Å². The first-order valence-corrected chi connectivity index (χ1v) is 8.60. The second-order valence-electron chi connectivity index (χ2n) is 7.21. The number of hydrogen-bond acceptors (Lipinski definition) is 4. The molecule has 4 amide bonds. The van der Waals surface area contributed by atoms with E-state index in [4.69, 9.17) is 0 Å². The van der Waals surface area contributed by atoms with Crippen molar-refractivity contribution in [3.63, 3.8) is 0 Å². The fourth-order valence-corrected chi connectivity index (χ4v) is 4.45. The maximum absolute atomic E-state index is 12.0. The van der Waals surface area contributed by atoms with Gasteiger partial charge in [-0.3, -0.25) is 19.8 Å². The number of piperazine rings is 1. The molecule has 7 heteroatoms. The lowest BCUT2D eigenvalue weighted by molar-refractivity contribution is -0.126. The van der Waals surface area contributed by atoms with Crippen molar-refractivity contribution in [3.8, 4) is 0 Å². The molecule has 23 heavy (non-hydrogen) atoms. The molecule has 4 unspecified atom stereocenters. The average molecular weight is 322 g/mol. The summed E-state index contributed by atoms with van der Waals surface area (Å²) in [4.78, 5) is 36.9. The molecule has 2 aliphatic carbocycles. The normalized spacial score (nSPS) is 31.5. The van der Waals surface area contributed by atoms with Gasteiger partial charge in [-0.2, -0.15) is 0 Å². The van der Waals surface area contributed by atoms with Gasteiger partial charge in [-0.25, -0.2) is 4.79 Å². The monoisotopic (exact) mass is 322 g/mol. The van der Waals surface area contributed by atoms with Gasteiger partial charge in [-0.05, 0) is 43.9 Å². The zero-order valence-corrected chi connectivity index (χ0v) is 13.6. The number of carbonyl (C=O) groups excluding carboxylic acids is 3. The second kappa shape index (κ2) is 6.86. The van der Waals surface area contributed by atoms with E-state index in [2.05, 4.69) is 16.0 Å². The first-order chi connectivity index (χ1) is 11.0. The third-order valence-electron chi connectivity index (χ3n) is 5.53. The Morgan fingerprint density at radius 1 is 1.35 bits per heavy atom. The van der Waals surface area contributed by atoms with Crippen LogP contribution in [0.2, 0.25) is 0 Å². The zero-order valence-electron chi connectivity index (χ0n) is 13.6. The number of nitrogens with one attached hydrogen (secondary N) is 3. The van der Waals surface area contributed by atoms with Gasteiger partial charge in [0.15, 0.2) is 0 Å². The molecule has 3 N–H and O–H groups in total. The first-order valence-electron chi connectivity index (χ1n) is 8.60. The molecule has 3 aliphatic rings. The number of hydrogen-bond donors (Lipinski definition) is 3. The lowest BCUT2D eigenvalue weighted by Crippen LogP contribution is -2.53. The van der Waals surface area contributed by atoms with Crippen LogP contribution in [-0.4, -0.2) is 55.0 Å². The Morgan fingerprint density at radius 3 is 2.83 bits per heavy atom. The van der Waals surface area contributed by atoms with Crippen molar-refractivity contribution in [2.24, 2.45) is 17.8 Å². The molecule has 128 valence electrons. The maximum atomic E-state index is 12.0. The van der Waals surface area contributed by atoms with Gasteiger partial charge in [0.25, 0.3) is 0 Å². The summed E-state index contributed by atoms with van der Waals surface area (Å²) < 4.78 is 0. The molecule has 0 radical (unpaired) electrons. The number of amides is 4. The molecular formula is C16H26N4O3. The summed E-state index contributed by atoms with van der Waals surface area (Å²) in [6, 6.07) is -0.328. The third kappa shape index (κ3) is 4.02. The second-order valence-corrected chi connectivity index (χ2v) is 7.21. The maximum Gasteiger partial charge on any atom is 0.321 e. The molecule has 7 nitrogen and oxygen atoms in total. The van der Waals surface area contributed by atoms with Crippen LogP contribution in [-0.2, 0) is 9.59 Å². The lowest BCUT2D eigenvalue weighted by Gasteiger charge is -2.29. The summed E-state index contributed by atoms with van der Waals surface area (Å²) in [5, 5.41) is 8.00. The van der Waals surface area contributed by atoms with E-state index in [9.17, 15) is 14.4 Å². The van der Waals surface area contributed by atoms with Crippen LogP contribution in [0.1, 0.15) is 32.6 Å². The van der Waals surface area contributed by atoms with Gasteiger partial charge < -0.3 is 10.6 Å². The third-order valence-corrected chi connectivity index (χ3v) is 5.53. The molecule has 4 atom stereocenters. The number of carbonyl (C=O) groups is 3. The van der Waals surface area contributed by atoms with E-state index >= 15 is 0 Å². The minimum atomic E-state index is -0.424. The fraction of sp³-hybridized carbons (Fsp3) is 0.812. The van der Waals surface area contributed by atoms with Crippen LogP contribution in [0.5, 0.6) is 0 Å². The van der Waals surface area contributed by atoms with Gasteiger partial charge in [0.05, 0.1) is 13.1 Å². The van der Waals surface area contributed by atoms with E-state index in [1.807, 2.05) is 6.92 Å². The predicted octanol–water partition coefficient (Wildman–Crippen LogP) is 0.0687. The molecule has 3 fully saturated rings. The molecule has 1 heterocycles. The SMILES string of the molecule is CC(NC(=O)NC(=O)CN1CCNC(=O)C1)C1CC2CCC1C2. The highest BCUT2D eigenvalue weighted by atomic mass is 16.2. The van der Waals surface area contributed by atoms with E-state index in [-0.39, 0.29) is 30.9 Å². The number of imide groups is 1. The molecule has 0 aromatic rings. The predicted molar refractivity (Wildman–Crippen MR) is 84.5 cm³/mol. The minimum absolute atomic E-state index is 0.0728. The van der Waals surface area contributed by atoms with Crippen molar-refractivity contribution >= 4 is 17.8 Å². The summed E-state index contributed by atoms with van der Waals surface area (Å²) in [7, 11) is 0. The van der Waals surface area contributed by atoms with Crippen molar-refractivity contribution in [1.82, 2.24) is 20.9 Å². The smallest absolute Gasteiger partial charge is 0.321 e. The van der Waals surface area contributed by atoms with Gasteiger partial charge in [0, 0.05) is 19.1 Å². The highest BCUT2D eigenvalue weighted by Gasteiger charge is 2.42. The highest BCUT2D eigenvalue weighted by molar-refractivity contribution is 5.95. The minimum Gasteiger partial charge on any atom is -0.354 e. The molecule has 1 aliphatic heterocycles. The van der Waals surface area contributed by atoms with E-state index in [1.54, 1.807) is 4.90 Å². The summed E-state index contributed by atoms with van der Waals surface area (Å²) in [5.74, 6) is 1.66. The van der Waals surface area contributed by atoms with Crippen molar-refractivity contribution in [2.45, 2.75) is 38.6 Å². The van der Waals surface area contributed by atoms with E-state index in [1.165, 1.54) is 25.7 Å². The van der Waals surface area contributed by atoms with Gasteiger partial charge in [-0.15, -0.1) is 0 Å². The van der Waals surface area contributed by atoms with E-state index in [0.29, 0.717) is 19.0 Å². The van der Waals surface area contributed by atoms with Gasteiger partial charge in [0.2, 0.25) is 11.8 Å². The van der Waals surface area contributed by atoms with Crippen LogP contribution in [0.25, 0.3) is 0 Å². The lowest BCUT2D eigenvalue weighted by atomic mass is 9.84. The quantitative estimate of drug-likeness (QED) is 0.683. The zero-order chi connectivity index (χ0) is 16.4. The van der Waals surface area contributed by atoms with Crippen LogP contribution in [0, 0.1) is 17.8 Å². The molecule has 2 saturated carbocycles. The van der Waals surface area contributed by atoms with Gasteiger partial charge in [-0.1, -0.05) is 6.42 Å². The number of rotatable bonds is 4. The van der Waals surface area contributed by atoms with E-state index in [0.717, 1.165) is 11.8 Å². The Labute approximate surface area is 136 Å². The molecule has 2 bridgehead atoms. The van der Waals surface area contributed by atoms with Crippen LogP contribution in [0.3, 0.4) is 0 Å². The summed E-state index contributed by atoms with van der Waals surface area (Å²) in [6.45, 7) is 3.48. The molecule has 3 rings (SSSR count). The Morgan fingerprint density at radius 2 is 2.17 bits per heavy atom. The summed E-state index contributed by atoms with van der Waals surface area (Å²) in [5.41, 5.74) is 0. The number of nitrogens with zero attached hydrogens (tertiary/aromatic N) is 1. The average Bonchev–Trinajstić information content (AvgIpc) is 3.09. The Bertz CT molecular complexity index is 496. The summed E-state index contributed by atoms with van der Waals surface area (Å²) >= 11 is 0. The topological polar surface area (TPSA) is 90.5 Å². The van der Waals surface area contributed by atoms with Crippen LogP contribution >= 0.6 is 0 Å². The largest absolute Gasteiger partial charge is 0.354 e. The van der Waals surface area contributed by atoms with Crippen molar-refractivity contribution in [2.75, 3.05) is 26.2 Å². The van der Waals surface area contributed by atoms with Crippen LogP contribution in [0.4, 0.5) is 4.79 Å². The van der Waals surface area contributed by atoms with Crippen molar-refractivity contribution in [3.05, 3.63) is 0 Å². The Balaban J connectivity index is 1.40. The molecule has 0 aromatic heterocycles. The van der Waals surface area contributed by atoms with Crippen LogP contribution in [0.15, 0.2) is 0 Å². The molecule has 0 spiro atoms. The summed E-state index contributed by atoms with van der Waals surface area (Å²) in [6.07, 6.45) is 5.11.